The smallest absolute Gasteiger partial charge is 0.301 e. The molecule has 1 saturated heterocycles. The van der Waals surface area contributed by atoms with Crippen LogP contribution in [0.15, 0.2) is 22.6 Å². The third kappa shape index (κ3) is 2.53. The van der Waals surface area contributed by atoms with Crippen molar-refractivity contribution in [1.29, 1.82) is 0 Å². The number of benzene rings is 1. The van der Waals surface area contributed by atoms with Crippen LogP contribution in [-0.4, -0.2) is 24.0 Å². The van der Waals surface area contributed by atoms with Gasteiger partial charge in [0.25, 0.3) is 0 Å². The van der Waals surface area contributed by atoms with E-state index in [4.69, 9.17) is 16.0 Å². The lowest BCUT2D eigenvalue weighted by molar-refractivity contribution is 0.0722. The average molecular weight is 293 g/mol. The predicted molar refractivity (Wildman–Crippen MR) is 78.9 cm³/mol. The summed E-state index contributed by atoms with van der Waals surface area (Å²) >= 11 is 5.98. The highest BCUT2D eigenvalue weighted by Gasteiger charge is 2.20. The summed E-state index contributed by atoms with van der Waals surface area (Å²) < 4.78 is 5.66. The lowest BCUT2D eigenvalue weighted by atomic mass is 10.1. The summed E-state index contributed by atoms with van der Waals surface area (Å²) in [6.45, 7) is 3.68. The highest BCUT2D eigenvalue weighted by Crippen LogP contribution is 2.27. The van der Waals surface area contributed by atoms with Crippen LogP contribution >= 0.6 is 11.6 Å². The highest BCUT2D eigenvalue weighted by atomic mass is 35.5. The van der Waals surface area contributed by atoms with Crippen molar-refractivity contribution < 1.29 is 9.21 Å². The number of hydrazine groups is 1. The van der Waals surface area contributed by atoms with E-state index in [0.29, 0.717) is 16.4 Å². The standard InChI is InChI=1S/C15H17ClN2O2/c1-10-12-9-11(16)5-6-13(12)20-14(10)15(19)17-18-7-3-2-4-8-18/h5-6,9H,2-4,7-8H2,1H3,(H,17,19). The zero-order valence-corrected chi connectivity index (χ0v) is 12.2. The fourth-order valence-electron chi connectivity index (χ4n) is 2.61. The monoisotopic (exact) mass is 292 g/mol. The van der Waals surface area contributed by atoms with Gasteiger partial charge < -0.3 is 4.42 Å². The average Bonchev–Trinajstić information content (AvgIpc) is 2.77. The number of fused-ring (bicyclic) bond motifs is 1. The van der Waals surface area contributed by atoms with E-state index in [1.165, 1.54) is 6.42 Å². The highest BCUT2D eigenvalue weighted by molar-refractivity contribution is 6.31. The molecule has 0 radical (unpaired) electrons. The molecule has 2 heterocycles. The molecule has 20 heavy (non-hydrogen) atoms. The van der Waals surface area contributed by atoms with Gasteiger partial charge in [0.2, 0.25) is 0 Å². The summed E-state index contributed by atoms with van der Waals surface area (Å²) in [4.78, 5) is 12.3. The van der Waals surface area contributed by atoms with Gasteiger partial charge in [-0.1, -0.05) is 18.0 Å². The Morgan fingerprint density at radius 2 is 2.05 bits per heavy atom. The number of amides is 1. The molecule has 1 fully saturated rings. The van der Waals surface area contributed by atoms with E-state index in [1.807, 2.05) is 18.0 Å². The molecular weight excluding hydrogens is 276 g/mol. The van der Waals surface area contributed by atoms with E-state index >= 15 is 0 Å². The van der Waals surface area contributed by atoms with Gasteiger partial charge in [-0.3, -0.25) is 10.2 Å². The van der Waals surface area contributed by atoms with Crippen molar-refractivity contribution in [3.8, 4) is 0 Å². The van der Waals surface area contributed by atoms with Crippen molar-refractivity contribution in [2.45, 2.75) is 26.2 Å². The molecule has 1 aliphatic rings. The van der Waals surface area contributed by atoms with Gasteiger partial charge >= 0.3 is 5.91 Å². The SMILES string of the molecule is Cc1c(C(=O)NN2CCCCC2)oc2ccc(Cl)cc12. The lowest BCUT2D eigenvalue weighted by Crippen LogP contribution is -2.45. The van der Waals surface area contributed by atoms with Crippen molar-refractivity contribution in [1.82, 2.24) is 10.4 Å². The maximum atomic E-state index is 12.3. The van der Waals surface area contributed by atoms with E-state index in [1.54, 1.807) is 12.1 Å². The number of piperidine rings is 1. The summed E-state index contributed by atoms with van der Waals surface area (Å²) in [6, 6.07) is 5.38. The molecule has 1 N–H and O–H groups in total. The van der Waals surface area contributed by atoms with Gasteiger partial charge in [-0.15, -0.1) is 0 Å². The van der Waals surface area contributed by atoms with Crippen molar-refractivity contribution in [3.63, 3.8) is 0 Å². The number of hydrogen-bond donors (Lipinski definition) is 1. The quantitative estimate of drug-likeness (QED) is 0.921. The second kappa shape index (κ2) is 5.46. The van der Waals surface area contributed by atoms with Crippen LogP contribution in [0.3, 0.4) is 0 Å². The zero-order valence-electron chi connectivity index (χ0n) is 11.4. The van der Waals surface area contributed by atoms with E-state index < -0.39 is 0 Å². The molecule has 0 bridgehead atoms. The minimum absolute atomic E-state index is 0.184. The Balaban J connectivity index is 1.85. The van der Waals surface area contributed by atoms with Gasteiger partial charge in [0.05, 0.1) is 0 Å². The second-order valence-electron chi connectivity index (χ2n) is 5.19. The molecule has 5 heteroatoms. The fourth-order valence-corrected chi connectivity index (χ4v) is 2.78. The summed E-state index contributed by atoms with van der Waals surface area (Å²) in [5.41, 5.74) is 4.44. The predicted octanol–water partition coefficient (Wildman–Crippen LogP) is 3.53. The van der Waals surface area contributed by atoms with E-state index in [0.717, 1.165) is 36.9 Å². The van der Waals surface area contributed by atoms with Gasteiger partial charge in [-0.25, -0.2) is 5.01 Å². The topological polar surface area (TPSA) is 45.5 Å². The molecule has 1 aromatic carbocycles. The van der Waals surface area contributed by atoms with Crippen LogP contribution in [0.5, 0.6) is 0 Å². The maximum absolute atomic E-state index is 12.3. The van der Waals surface area contributed by atoms with Gasteiger partial charge in [-0.2, -0.15) is 0 Å². The number of halogens is 1. The van der Waals surface area contributed by atoms with Crippen LogP contribution in [0.25, 0.3) is 11.0 Å². The van der Waals surface area contributed by atoms with E-state index in [-0.39, 0.29) is 5.91 Å². The molecule has 106 valence electrons. The van der Waals surface area contributed by atoms with Gasteiger partial charge in [0.15, 0.2) is 5.76 Å². The molecule has 0 unspecified atom stereocenters. The summed E-state index contributed by atoms with van der Waals surface area (Å²) in [5, 5.41) is 3.50. The zero-order chi connectivity index (χ0) is 14.1. The number of hydrogen-bond acceptors (Lipinski definition) is 3. The molecule has 0 saturated carbocycles. The van der Waals surface area contributed by atoms with Crippen LogP contribution in [0.4, 0.5) is 0 Å². The molecular formula is C15H17ClN2O2. The van der Waals surface area contributed by atoms with Crippen LogP contribution in [-0.2, 0) is 0 Å². The molecule has 1 amide bonds. The van der Waals surface area contributed by atoms with Crippen LogP contribution < -0.4 is 5.43 Å². The Labute approximate surface area is 122 Å². The Kier molecular flexibility index (Phi) is 3.68. The molecule has 0 aliphatic carbocycles. The number of carbonyl (C=O) groups excluding carboxylic acids is 1. The number of aryl methyl sites for hydroxylation is 1. The molecule has 2 aromatic rings. The molecule has 0 spiro atoms. The van der Waals surface area contributed by atoms with Gasteiger partial charge in [0.1, 0.15) is 5.58 Å². The summed E-state index contributed by atoms with van der Waals surface area (Å²) in [6.07, 6.45) is 3.47. The number of nitrogens with zero attached hydrogens (tertiary/aromatic N) is 1. The number of nitrogens with one attached hydrogen (secondary N) is 1. The first kappa shape index (κ1) is 13.5. The fraction of sp³-hybridized carbons (Fsp3) is 0.400. The van der Waals surface area contributed by atoms with Gasteiger partial charge in [-0.05, 0) is 38.0 Å². The largest absolute Gasteiger partial charge is 0.451 e. The molecule has 0 atom stereocenters. The first-order valence-electron chi connectivity index (χ1n) is 6.90. The van der Waals surface area contributed by atoms with E-state index in [9.17, 15) is 4.79 Å². The van der Waals surface area contributed by atoms with Crippen LogP contribution in [0.2, 0.25) is 5.02 Å². The second-order valence-corrected chi connectivity index (χ2v) is 5.62. The summed E-state index contributed by atoms with van der Waals surface area (Å²) in [7, 11) is 0. The Hall–Kier alpha value is -1.52. The molecule has 3 rings (SSSR count). The van der Waals surface area contributed by atoms with Crippen LogP contribution in [0, 0.1) is 6.92 Å². The van der Waals surface area contributed by atoms with Crippen LogP contribution in [0.1, 0.15) is 35.4 Å². The lowest BCUT2D eigenvalue weighted by Gasteiger charge is -2.26. The van der Waals surface area contributed by atoms with Crippen molar-refractivity contribution in [2.24, 2.45) is 0 Å². The number of furan rings is 1. The minimum Gasteiger partial charge on any atom is -0.451 e. The van der Waals surface area contributed by atoms with Crippen molar-refractivity contribution in [3.05, 3.63) is 34.5 Å². The first-order chi connectivity index (χ1) is 9.65. The Morgan fingerprint density at radius 1 is 1.30 bits per heavy atom. The molecule has 4 nitrogen and oxygen atoms in total. The third-order valence-corrected chi connectivity index (χ3v) is 3.96. The first-order valence-corrected chi connectivity index (χ1v) is 7.27. The van der Waals surface area contributed by atoms with Crippen molar-refractivity contribution >= 4 is 28.5 Å². The Bertz CT molecular complexity index is 645. The van der Waals surface area contributed by atoms with Crippen molar-refractivity contribution in [2.75, 3.05) is 13.1 Å². The van der Waals surface area contributed by atoms with Gasteiger partial charge in [0, 0.05) is 29.1 Å². The maximum Gasteiger partial charge on any atom is 0.301 e. The number of carbonyl (C=O) groups is 1. The normalized spacial score (nSPS) is 16.5. The Morgan fingerprint density at radius 3 is 2.80 bits per heavy atom. The third-order valence-electron chi connectivity index (χ3n) is 3.72. The number of rotatable bonds is 2. The van der Waals surface area contributed by atoms with E-state index in [2.05, 4.69) is 5.43 Å². The molecule has 1 aliphatic heterocycles. The summed E-state index contributed by atoms with van der Waals surface area (Å²) in [5.74, 6) is 0.185. The minimum atomic E-state index is -0.184. The molecule has 1 aromatic heterocycles.